The van der Waals surface area contributed by atoms with Gasteiger partial charge in [0.25, 0.3) is 0 Å². The highest BCUT2D eigenvalue weighted by Gasteiger charge is 2.33. The lowest BCUT2D eigenvalue weighted by atomic mass is 10.0. The molecule has 7 heteroatoms. The van der Waals surface area contributed by atoms with Crippen LogP contribution in [0.2, 0.25) is 0 Å². The van der Waals surface area contributed by atoms with E-state index in [1.54, 1.807) is 35.7 Å². The third kappa shape index (κ3) is 3.35. The number of esters is 1. The highest BCUT2D eigenvalue weighted by atomic mass is 32.1. The van der Waals surface area contributed by atoms with E-state index in [9.17, 15) is 9.18 Å². The minimum atomic E-state index is -0.709. The summed E-state index contributed by atoms with van der Waals surface area (Å²) in [6.07, 6.45) is 1.78. The Kier molecular flexibility index (Phi) is 4.88. The molecular weight excluding hydrogens is 317 g/mol. The van der Waals surface area contributed by atoms with Crippen LogP contribution in [0.3, 0.4) is 0 Å². The molecule has 0 saturated carbocycles. The number of methoxy groups -OCH3 is 1. The van der Waals surface area contributed by atoms with Crippen molar-refractivity contribution in [2.75, 3.05) is 38.2 Å². The van der Waals surface area contributed by atoms with Crippen LogP contribution in [-0.4, -0.2) is 49.1 Å². The molecule has 0 spiro atoms. The number of carbonyl (C=O) groups excluding carboxylic acids is 1. The van der Waals surface area contributed by atoms with Gasteiger partial charge in [0.05, 0.1) is 7.11 Å². The maximum Gasteiger partial charge on any atom is 0.327 e. The van der Waals surface area contributed by atoms with Gasteiger partial charge in [-0.15, -0.1) is 11.3 Å². The number of piperazine rings is 1. The Balaban J connectivity index is 1.77. The molecule has 0 amide bonds. The quantitative estimate of drug-likeness (QED) is 0.803. The third-order valence-corrected chi connectivity index (χ3v) is 4.83. The Hall–Kier alpha value is -1.99. The molecule has 0 radical (unpaired) electrons. The molecule has 23 heavy (non-hydrogen) atoms. The zero-order chi connectivity index (χ0) is 16.2. The lowest BCUT2D eigenvalue weighted by Gasteiger charge is -2.38. The molecule has 2 aromatic rings. The van der Waals surface area contributed by atoms with Gasteiger partial charge in [0.2, 0.25) is 0 Å². The summed E-state index contributed by atoms with van der Waals surface area (Å²) in [6.45, 7) is 2.78. The van der Waals surface area contributed by atoms with Crippen molar-refractivity contribution in [3.63, 3.8) is 0 Å². The first-order chi connectivity index (χ1) is 11.2. The fourth-order valence-corrected chi connectivity index (χ4v) is 3.52. The van der Waals surface area contributed by atoms with E-state index in [1.165, 1.54) is 13.2 Å². The van der Waals surface area contributed by atoms with E-state index in [0.717, 1.165) is 18.2 Å². The second kappa shape index (κ2) is 7.06. The van der Waals surface area contributed by atoms with Crippen LogP contribution in [0.25, 0.3) is 0 Å². The smallest absolute Gasteiger partial charge is 0.327 e. The van der Waals surface area contributed by atoms with Gasteiger partial charge >= 0.3 is 5.97 Å². The van der Waals surface area contributed by atoms with Crippen LogP contribution in [0.1, 0.15) is 11.6 Å². The molecule has 0 N–H and O–H groups in total. The second-order valence-electron chi connectivity index (χ2n) is 5.28. The van der Waals surface area contributed by atoms with Crippen LogP contribution in [0, 0.1) is 5.82 Å². The summed E-state index contributed by atoms with van der Waals surface area (Å²) in [5.41, 5.74) is 0.363. The minimum Gasteiger partial charge on any atom is -0.468 e. The van der Waals surface area contributed by atoms with Crippen LogP contribution in [0.15, 0.2) is 35.8 Å². The van der Waals surface area contributed by atoms with Crippen molar-refractivity contribution in [2.24, 2.45) is 0 Å². The lowest BCUT2D eigenvalue weighted by Crippen LogP contribution is -2.49. The molecule has 0 bridgehead atoms. The maximum absolute atomic E-state index is 14.1. The molecular formula is C16H18FN3O2S. The van der Waals surface area contributed by atoms with E-state index in [2.05, 4.69) is 9.88 Å². The second-order valence-corrected chi connectivity index (χ2v) is 6.16. The molecule has 1 aromatic carbocycles. The molecule has 1 aromatic heterocycles. The number of ether oxygens (including phenoxy) is 1. The number of benzene rings is 1. The Morgan fingerprint density at radius 2 is 2.04 bits per heavy atom. The van der Waals surface area contributed by atoms with Crippen molar-refractivity contribution < 1.29 is 13.9 Å². The van der Waals surface area contributed by atoms with Gasteiger partial charge in [-0.05, 0) is 6.07 Å². The van der Waals surface area contributed by atoms with E-state index < -0.39 is 12.0 Å². The van der Waals surface area contributed by atoms with Crippen molar-refractivity contribution in [2.45, 2.75) is 6.04 Å². The van der Waals surface area contributed by atoms with Crippen molar-refractivity contribution in [1.29, 1.82) is 0 Å². The number of aromatic nitrogens is 1. The van der Waals surface area contributed by atoms with Gasteiger partial charge in [-0.3, -0.25) is 4.90 Å². The molecule has 0 aliphatic carbocycles. The Morgan fingerprint density at radius 3 is 2.65 bits per heavy atom. The number of carbonyl (C=O) groups is 1. The summed E-state index contributed by atoms with van der Waals surface area (Å²) in [5, 5.41) is 2.92. The van der Waals surface area contributed by atoms with Crippen LogP contribution in [0.4, 0.5) is 9.52 Å². The topological polar surface area (TPSA) is 45.7 Å². The molecule has 5 nitrogen and oxygen atoms in total. The summed E-state index contributed by atoms with van der Waals surface area (Å²) < 4.78 is 19.0. The minimum absolute atomic E-state index is 0.363. The van der Waals surface area contributed by atoms with Crippen molar-refractivity contribution in [3.05, 3.63) is 47.2 Å². The fourth-order valence-electron chi connectivity index (χ4n) is 2.82. The Labute approximate surface area is 138 Å². The number of anilines is 1. The van der Waals surface area contributed by atoms with Gasteiger partial charge in [0, 0.05) is 43.3 Å². The summed E-state index contributed by atoms with van der Waals surface area (Å²) in [4.78, 5) is 20.7. The summed E-state index contributed by atoms with van der Waals surface area (Å²) in [6, 6.07) is 5.66. The number of thiazole rings is 1. The molecule has 0 unspecified atom stereocenters. The van der Waals surface area contributed by atoms with Gasteiger partial charge in [-0.25, -0.2) is 14.2 Å². The number of hydrogen-bond donors (Lipinski definition) is 0. The maximum atomic E-state index is 14.1. The first kappa shape index (κ1) is 15.9. The third-order valence-electron chi connectivity index (χ3n) is 3.99. The first-order valence-electron chi connectivity index (χ1n) is 7.41. The molecule has 3 rings (SSSR count). The van der Waals surface area contributed by atoms with E-state index in [-0.39, 0.29) is 5.82 Å². The largest absolute Gasteiger partial charge is 0.468 e. The van der Waals surface area contributed by atoms with Crippen molar-refractivity contribution in [1.82, 2.24) is 9.88 Å². The highest BCUT2D eigenvalue weighted by molar-refractivity contribution is 7.13. The van der Waals surface area contributed by atoms with Crippen molar-refractivity contribution in [3.8, 4) is 0 Å². The summed E-state index contributed by atoms with van der Waals surface area (Å²) in [7, 11) is 1.34. The van der Waals surface area contributed by atoms with E-state index in [1.807, 2.05) is 10.3 Å². The monoisotopic (exact) mass is 335 g/mol. The number of rotatable bonds is 4. The van der Waals surface area contributed by atoms with Gasteiger partial charge in [-0.1, -0.05) is 18.2 Å². The molecule has 122 valence electrons. The average Bonchev–Trinajstić information content (AvgIpc) is 3.12. The molecule has 1 aliphatic rings. The summed E-state index contributed by atoms with van der Waals surface area (Å²) in [5.74, 6) is -0.817. The summed E-state index contributed by atoms with van der Waals surface area (Å²) >= 11 is 1.59. The van der Waals surface area contributed by atoms with Crippen LogP contribution < -0.4 is 4.90 Å². The van der Waals surface area contributed by atoms with Crippen molar-refractivity contribution >= 4 is 22.4 Å². The SMILES string of the molecule is COC(=O)[C@@H](c1ccccc1F)N1CCN(c2nccs2)CC1. The van der Waals surface area contributed by atoms with E-state index in [0.29, 0.717) is 18.7 Å². The average molecular weight is 335 g/mol. The number of halogens is 1. The highest BCUT2D eigenvalue weighted by Crippen LogP contribution is 2.27. The molecule has 1 saturated heterocycles. The van der Waals surface area contributed by atoms with E-state index >= 15 is 0 Å². The van der Waals surface area contributed by atoms with Crippen LogP contribution in [-0.2, 0) is 9.53 Å². The standard InChI is InChI=1S/C16H18FN3O2S/c1-22-15(21)14(12-4-2-3-5-13(12)17)19-7-9-20(10-8-19)16-18-6-11-23-16/h2-6,11,14H,7-10H2,1H3/t14-/m1/s1. The predicted octanol–water partition coefficient (Wildman–Crippen LogP) is 2.32. The predicted molar refractivity (Wildman–Crippen MR) is 87.1 cm³/mol. The Bertz CT molecular complexity index is 657. The normalized spacial score (nSPS) is 17.0. The van der Waals surface area contributed by atoms with Gasteiger partial charge < -0.3 is 9.64 Å². The van der Waals surface area contributed by atoms with Gasteiger partial charge in [0.15, 0.2) is 5.13 Å². The van der Waals surface area contributed by atoms with Gasteiger partial charge in [0.1, 0.15) is 11.9 Å². The molecule has 1 atom stereocenters. The fraction of sp³-hybridized carbons (Fsp3) is 0.375. The van der Waals surface area contributed by atoms with Crippen LogP contribution >= 0.6 is 11.3 Å². The first-order valence-corrected chi connectivity index (χ1v) is 8.29. The number of nitrogens with zero attached hydrogens (tertiary/aromatic N) is 3. The molecule has 1 aliphatic heterocycles. The zero-order valence-corrected chi connectivity index (χ0v) is 13.6. The van der Waals surface area contributed by atoms with Crippen LogP contribution in [0.5, 0.6) is 0 Å². The lowest BCUT2D eigenvalue weighted by molar-refractivity contribution is -0.147. The zero-order valence-electron chi connectivity index (χ0n) is 12.8. The van der Waals surface area contributed by atoms with E-state index in [4.69, 9.17) is 4.74 Å². The Morgan fingerprint density at radius 1 is 1.30 bits per heavy atom. The molecule has 2 heterocycles. The molecule has 1 fully saturated rings. The number of hydrogen-bond acceptors (Lipinski definition) is 6. The van der Waals surface area contributed by atoms with Gasteiger partial charge in [-0.2, -0.15) is 0 Å².